The summed E-state index contributed by atoms with van der Waals surface area (Å²) in [7, 11) is -4.50. The highest BCUT2D eigenvalue weighted by Crippen LogP contribution is 2.18. The van der Waals surface area contributed by atoms with Crippen LogP contribution in [0.2, 0.25) is 0 Å². The Bertz CT molecular complexity index is 1150. The van der Waals surface area contributed by atoms with Gasteiger partial charge in [0.2, 0.25) is 6.10 Å². The van der Waals surface area contributed by atoms with Crippen molar-refractivity contribution in [3.8, 4) is 0 Å². The third kappa shape index (κ3) is 6.98. The zero-order chi connectivity index (χ0) is 23.7. The molecule has 0 fully saturated rings. The molecule has 1 N–H and O–H groups in total. The van der Waals surface area contributed by atoms with E-state index in [4.69, 9.17) is 13.7 Å². The predicted molar refractivity (Wildman–Crippen MR) is 117 cm³/mol. The maximum absolute atomic E-state index is 12.7. The Labute approximate surface area is 191 Å². The van der Waals surface area contributed by atoms with Crippen LogP contribution in [0.25, 0.3) is 0 Å². The molecule has 33 heavy (non-hydrogen) atoms. The van der Waals surface area contributed by atoms with Gasteiger partial charge in [-0.25, -0.2) is 13.8 Å². The molecule has 3 rings (SSSR count). The summed E-state index contributed by atoms with van der Waals surface area (Å²) in [5.41, 5.74) is 1.26. The van der Waals surface area contributed by atoms with Crippen LogP contribution < -0.4 is 0 Å². The van der Waals surface area contributed by atoms with Crippen LogP contribution in [-0.4, -0.2) is 37.7 Å². The maximum Gasteiger partial charge on any atom is 0.340 e. The lowest BCUT2D eigenvalue weighted by Crippen LogP contribution is -2.44. The van der Waals surface area contributed by atoms with E-state index in [2.05, 4.69) is 0 Å². The van der Waals surface area contributed by atoms with E-state index in [-0.39, 0.29) is 18.1 Å². The van der Waals surface area contributed by atoms with Gasteiger partial charge in [-0.15, -0.1) is 0 Å². The molecule has 0 aliphatic heterocycles. The number of rotatable bonds is 10. The molecule has 0 bridgehead atoms. The molecular weight excluding hydrogens is 448 g/mol. The van der Waals surface area contributed by atoms with Gasteiger partial charge in [-0.05, 0) is 23.3 Å². The Morgan fingerprint density at radius 3 is 1.61 bits per heavy atom. The van der Waals surface area contributed by atoms with Gasteiger partial charge in [-0.1, -0.05) is 78.9 Å². The zero-order valence-corrected chi connectivity index (χ0v) is 18.3. The number of ether oxygens (including phenoxy) is 2. The van der Waals surface area contributed by atoms with Crippen LogP contribution in [0.3, 0.4) is 0 Å². The number of carbonyl (C=O) groups is 2. The summed E-state index contributed by atoms with van der Waals surface area (Å²) < 4.78 is 40.4. The van der Waals surface area contributed by atoms with Crippen molar-refractivity contribution in [3.05, 3.63) is 102 Å². The van der Waals surface area contributed by atoms with Crippen molar-refractivity contribution in [2.45, 2.75) is 30.3 Å². The first-order valence-corrected chi connectivity index (χ1v) is 11.3. The highest BCUT2D eigenvalue weighted by atomic mass is 32.2. The first-order valence-electron chi connectivity index (χ1n) is 9.94. The summed E-state index contributed by atoms with van der Waals surface area (Å²) in [5.74, 6) is -2.47. The SMILES string of the molecule is O=C(OCc1ccccc1)C(O)C(OS(=O)(=O)c1ccccc1)C(=O)OCc1ccccc1. The van der Waals surface area contributed by atoms with Gasteiger partial charge in [0, 0.05) is 0 Å². The monoisotopic (exact) mass is 470 g/mol. The highest BCUT2D eigenvalue weighted by Gasteiger charge is 2.40. The van der Waals surface area contributed by atoms with Crippen LogP contribution >= 0.6 is 0 Å². The van der Waals surface area contributed by atoms with Crippen molar-refractivity contribution in [2.75, 3.05) is 0 Å². The molecule has 2 unspecified atom stereocenters. The normalized spacial score (nSPS) is 13.0. The number of hydrogen-bond donors (Lipinski definition) is 1. The van der Waals surface area contributed by atoms with Crippen LogP contribution in [0.4, 0.5) is 0 Å². The van der Waals surface area contributed by atoms with Gasteiger partial charge in [-0.2, -0.15) is 8.42 Å². The first kappa shape index (κ1) is 24.1. The fourth-order valence-electron chi connectivity index (χ4n) is 2.75. The zero-order valence-electron chi connectivity index (χ0n) is 17.4. The minimum Gasteiger partial charge on any atom is -0.459 e. The van der Waals surface area contributed by atoms with Gasteiger partial charge in [0.05, 0.1) is 4.90 Å². The standard InChI is InChI=1S/C24H22O8S/c25-21(23(26)30-16-18-10-4-1-5-11-18)22(24(27)31-17-19-12-6-2-7-13-19)32-33(28,29)20-14-8-3-9-15-20/h1-15,21-22,25H,16-17H2. The number of hydrogen-bond acceptors (Lipinski definition) is 8. The fraction of sp³-hybridized carbons (Fsp3) is 0.167. The van der Waals surface area contributed by atoms with E-state index in [1.165, 1.54) is 24.3 Å². The maximum atomic E-state index is 12.7. The first-order chi connectivity index (χ1) is 15.9. The lowest BCUT2D eigenvalue weighted by Gasteiger charge is -2.20. The molecule has 8 nitrogen and oxygen atoms in total. The van der Waals surface area contributed by atoms with Crippen LogP contribution in [0.1, 0.15) is 11.1 Å². The van der Waals surface area contributed by atoms with Gasteiger partial charge in [0.1, 0.15) is 13.2 Å². The van der Waals surface area contributed by atoms with Gasteiger partial charge in [0.15, 0.2) is 6.10 Å². The molecule has 0 saturated heterocycles. The van der Waals surface area contributed by atoms with Crippen molar-refractivity contribution in [1.29, 1.82) is 0 Å². The Kier molecular flexibility index (Phi) is 8.31. The van der Waals surface area contributed by atoms with Crippen molar-refractivity contribution in [1.82, 2.24) is 0 Å². The second kappa shape index (κ2) is 11.4. The van der Waals surface area contributed by atoms with Crippen molar-refractivity contribution in [2.24, 2.45) is 0 Å². The van der Waals surface area contributed by atoms with Crippen molar-refractivity contribution < 1.29 is 36.8 Å². The van der Waals surface area contributed by atoms with Crippen molar-refractivity contribution >= 4 is 22.1 Å². The lowest BCUT2D eigenvalue weighted by molar-refractivity contribution is -0.172. The molecule has 0 saturated carbocycles. The molecular formula is C24H22O8S. The van der Waals surface area contributed by atoms with E-state index in [1.54, 1.807) is 66.7 Å². The molecule has 3 aromatic rings. The lowest BCUT2D eigenvalue weighted by atomic mass is 10.2. The number of esters is 2. The fourth-order valence-corrected chi connectivity index (χ4v) is 3.81. The molecule has 0 heterocycles. The average molecular weight is 470 g/mol. The molecule has 2 atom stereocenters. The molecule has 172 valence electrons. The minimum atomic E-state index is -4.50. The molecule has 0 radical (unpaired) electrons. The van der Waals surface area contributed by atoms with Gasteiger partial charge < -0.3 is 14.6 Å². The van der Waals surface area contributed by atoms with E-state index in [0.29, 0.717) is 11.1 Å². The van der Waals surface area contributed by atoms with Gasteiger partial charge in [0.25, 0.3) is 10.1 Å². The molecule has 0 aromatic heterocycles. The molecule has 0 amide bonds. The topological polar surface area (TPSA) is 116 Å². The van der Waals surface area contributed by atoms with E-state index in [0.717, 1.165) is 0 Å². The van der Waals surface area contributed by atoms with E-state index in [1.807, 2.05) is 0 Å². The highest BCUT2D eigenvalue weighted by molar-refractivity contribution is 7.86. The number of benzene rings is 3. The quantitative estimate of drug-likeness (QED) is 0.355. The molecule has 0 spiro atoms. The van der Waals surface area contributed by atoms with Crippen LogP contribution in [0.15, 0.2) is 95.9 Å². The molecule has 0 aliphatic carbocycles. The van der Waals surface area contributed by atoms with E-state index in [9.17, 15) is 23.1 Å². The molecule has 0 aliphatic rings. The molecule has 3 aromatic carbocycles. The van der Waals surface area contributed by atoms with Crippen LogP contribution in [0, 0.1) is 0 Å². The summed E-state index contributed by atoms with van der Waals surface area (Å²) in [4.78, 5) is 24.8. The smallest absolute Gasteiger partial charge is 0.340 e. The largest absolute Gasteiger partial charge is 0.459 e. The Hall–Kier alpha value is -3.53. The predicted octanol–water partition coefficient (Wildman–Crippen LogP) is 2.61. The Balaban J connectivity index is 1.75. The van der Waals surface area contributed by atoms with Gasteiger partial charge in [-0.3, -0.25) is 0 Å². The summed E-state index contributed by atoms with van der Waals surface area (Å²) in [5, 5.41) is 10.5. The van der Waals surface area contributed by atoms with E-state index < -0.39 is 34.3 Å². The van der Waals surface area contributed by atoms with E-state index >= 15 is 0 Å². The summed E-state index contributed by atoms with van der Waals surface area (Å²) in [6, 6.07) is 24.3. The van der Waals surface area contributed by atoms with Crippen LogP contribution in [-0.2, 0) is 46.6 Å². The Morgan fingerprint density at radius 1 is 0.697 bits per heavy atom. The number of carbonyl (C=O) groups excluding carboxylic acids is 2. The minimum absolute atomic E-state index is 0.187. The molecule has 9 heteroatoms. The summed E-state index contributed by atoms with van der Waals surface area (Å²) in [6.07, 6.45) is -4.40. The summed E-state index contributed by atoms with van der Waals surface area (Å²) in [6.45, 7) is -0.398. The number of aliphatic hydroxyl groups excluding tert-OH is 1. The summed E-state index contributed by atoms with van der Waals surface area (Å²) >= 11 is 0. The second-order valence-corrected chi connectivity index (χ2v) is 8.49. The number of aliphatic hydroxyl groups is 1. The Morgan fingerprint density at radius 2 is 1.12 bits per heavy atom. The average Bonchev–Trinajstić information content (AvgIpc) is 2.85. The van der Waals surface area contributed by atoms with Crippen molar-refractivity contribution in [3.63, 3.8) is 0 Å². The second-order valence-electron chi connectivity index (χ2n) is 6.92. The van der Waals surface area contributed by atoms with Crippen LogP contribution in [0.5, 0.6) is 0 Å². The third-order valence-electron chi connectivity index (χ3n) is 4.47. The third-order valence-corrected chi connectivity index (χ3v) is 5.78. The van der Waals surface area contributed by atoms with Gasteiger partial charge >= 0.3 is 11.9 Å².